The van der Waals surface area contributed by atoms with E-state index >= 15 is 0 Å². The summed E-state index contributed by atoms with van der Waals surface area (Å²) < 4.78 is 20.3. The number of hydrogen-bond acceptors (Lipinski definition) is 4. The number of hydrazone groups is 1. The number of amides is 1. The summed E-state index contributed by atoms with van der Waals surface area (Å²) in [5.74, 6) is -0.304. The Bertz CT molecular complexity index is 1320. The van der Waals surface area contributed by atoms with Crippen LogP contribution in [0.4, 0.5) is 4.39 Å². The molecule has 0 aromatic heterocycles. The Labute approximate surface area is 197 Å². The van der Waals surface area contributed by atoms with Gasteiger partial charge in [-0.05, 0) is 75.3 Å². The van der Waals surface area contributed by atoms with E-state index in [0.717, 1.165) is 19.9 Å². The summed E-state index contributed by atoms with van der Waals surface area (Å²) >= 11 is 2.12. The molecular formula is C25H18FIN2O3. The lowest BCUT2D eigenvalue weighted by Gasteiger charge is -2.09. The van der Waals surface area contributed by atoms with Gasteiger partial charge in [0.15, 0.2) is 0 Å². The van der Waals surface area contributed by atoms with Gasteiger partial charge in [-0.25, -0.2) is 9.82 Å². The molecule has 0 bridgehead atoms. The predicted octanol–water partition coefficient (Wildman–Crippen LogP) is 5.63. The van der Waals surface area contributed by atoms with Crippen LogP contribution >= 0.6 is 22.6 Å². The number of phenolic OH excluding ortho intramolecular Hbond substituents is 1. The number of hydrogen-bond donors (Lipinski definition) is 2. The van der Waals surface area contributed by atoms with Crippen LogP contribution in [0.2, 0.25) is 0 Å². The van der Waals surface area contributed by atoms with Gasteiger partial charge in [-0.15, -0.1) is 0 Å². The molecule has 0 saturated heterocycles. The van der Waals surface area contributed by atoms with Crippen molar-refractivity contribution in [2.24, 2.45) is 5.10 Å². The van der Waals surface area contributed by atoms with Crippen molar-refractivity contribution in [3.05, 3.63) is 105 Å². The lowest BCUT2D eigenvalue weighted by atomic mass is 10.1. The van der Waals surface area contributed by atoms with Crippen LogP contribution in [-0.2, 0) is 6.61 Å². The van der Waals surface area contributed by atoms with E-state index in [1.807, 2.05) is 30.3 Å². The van der Waals surface area contributed by atoms with Crippen molar-refractivity contribution < 1.29 is 19.0 Å². The van der Waals surface area contributed by atoms with Crippen LogP contribution in [0.3, 0.4) is 0 Å². The molecule has 4 aromatic rings. The SMILES string of the molecule is O=C(NN=Cc1ccc(OCc2ccccc2F)c(I)c1)c1cc2ccccc2cc1O. The van der Waals surface area contributed by atoms with Gasteiger partial charge < -0.3 is 9.84 Å². The zero-order valence-corrected chi connectivity index (χ0v) is 18.9. The highest BCUT2D eigenvalue weighted by Gasteiger charge is 2.12. The van der Waals surface area contributed by atoms with Crippen LogP contribution in [-0.4, -0.2) is 17.2 Å². The molecule has 0 aliphatic heterocycles. The van der Waals surface area contributed by atoms with E-state index in [9.17, 15) is 14.3 Å². The minimum absolute atomic E-state index is 0.109. The Hall–Kier alpha value is -3.46. The van der Waals surface area contributed by atoms with Crippen molar-refractivity contribution in [3.8, 4) is 11.5 Å². The molecule has 0 saturated carbocycles. The molecule has 5 nitrogen and oxygen atoms in total. The van der Waals surface area contributed by atoms with E-state index in [0.29, 0.717) is 11.3 Å². The highest BCUT2D eigenvalue weighted by molar-refractivity contribution is 14.1. The number of halogens is 2. The summed E-state index contributed by atoms with van der Waals surface area (Å²) in [4.78, 5) is 12.4. The first-order valence-corrected chi connectivity index (χ1v) is 10.8. The molecule has 0 spiro atoms. The molecule has 7 heteroatoms. The van der Waals surface area contributed by atoms with Gasteiger partial charge in [-0.1, -0.05) is 42.5 Å². The number of benzene rings is 4. The Morgan fingerprint density at radius 2 is 1.75 bits per heavy atom. The Kier molecular flexibility index (Phi) is 6.65. The van der Waals surface area contributed by atoms with E-state index in [4.69, 9.17) is 4.74 Å². The maximum atomic E-state index is 13.7. The van der Waals surface area contributed by atoms with Crippen LogP contribution in [0.25, 0.3) is 10.8 Å². The monoisotopic (exact) mass is 540 g/mol. The topological polar surface area (TPSA) is 70.9 Å². The second kappa shape index (κ2) is 9.78. The highest BCUT2D eigenvalue weighted by Crippen LogP contribution is 2.25. The van der Waals surface area contributed by atoms with Gasteiger partial charge >= 0.3 is 0 Å². The van der Waals surface area contributed by atoms with Crippen molar-refractivity contribution in [1.29, 1.82) is 0 Å². The zero-order valence-electron chi connectivity index (χ0n) is 16.8. The number of phenols is 1. The largest absolute Gasteiger partial charge is 0.507 e. The molecule has 160 valence electrons. The molecule has 2 N–H and O–H groups in total. The van der Waals surface area contributed by atoms with Crippen molar-refractivity contribution >= 4 is 45.5 Å². The van der Waals surface area contributed by atoms with E-state index in [2.05, 4.69) is 33.1 Å². The quantitative estimate of drug-likeness (QED) is 0.189. The molecule has 0 aliphatic rings. The average Bonchev–Trinajstić information content (AvgIpc) is 2.79. The van der Waals surface area contributed by atoms with Gasteiger partial charge in [-0.2, -0.15) is 5.10 Å². The number of nitrogens with zero attached hydrogens (tertiary/aromatic N) is 1. The van der Waals surface area contributed by atoms with Crippen LogP contribution in [0.5, 0.6) is 11.5 Å². The summed E-state index contributed by atoms with van der Waals surface area (Å²) in [7, 11) is 0. The third kappa shape index (κ3) is 5.05. The van der Waals surface area contributed by atoms with Gasteiger partial charge in [0.1, 0.15) is 23.9 Å². The molecule has 0 heterocycles. The number of rotatable bonds is 6. The van der Waals surface area contributed by atoms with Crippen LogP contribution < -0.4 is 10.2 Å². The fourth-order valence-electron chi connectivity index (χ4n) is 3.12. The first-order valence-electron chi connectivity index (χ1n) is 9.72. The second-order valence-corrected chi connectivity index (χ2v) is 8.15. The minimum atomic E-state index is -0.510. The number of carbonyl (C=O) groups excluding carboxylic acids is 1. The lowest BCUT2D eigenvalue weighted by molar-refractivity contribution is 0.0952. The van der Waals surface area contributed by atoms with Crippen LogP contribution in [0, 0.1) is 9.39 Å². The molecule has 4 rings (SSSR count). The predicted molar refractivity (Wildman–Crippen MR) is 131 cm³/mol. The summed E-state index contributed by atoms with van der Waals surface area (Å²) in [6, 6.07) is 22.5. The first-order chi connectivity index (χ1) is 15.5. The molecule has 0 unspecified atom stereocenters. The number of fused-ring (bicyclic) bond motifs is 1. The molecule has 0 radical (unpaired) electrons. The normalized spacial score (nSPS) is 11.1. The molecule has 32 heavy (non-hydrogen) atoms. The van der Waals surface area contributed by atoms with E-state index in [-0.39, 0.29) is 23.7 Å². The summed E-state index contributed by atoms with van der Waals surface area (Å²) in [5, 5.41) is 15.8. The lowest BCUT2D eigenvalue weighted by Crippen LogP contribution is -2.17. The van der Waals surface area contributed by atoms with Gasteiger partial charge in [0.2, 0.25) is 0 Å². The van der Waals surface area contributed by atoms with E-state index < -0.39 is 5.91 Å². The Morgan fingerprint density at radius 3 is 2.50 bits per heavy atom. The first kappa shape index (κ1) is 21.8. The Balaban J connectivity index is 1.40. The number of aromatic hydroxyl groups is 1. The molecule has 0 aliphatic carbocycles. The number of carbonyl (C=O) groups is 1. The van der Waals surface area contributed by atoms with Crippen molar-refractivity contribution in [3.63, 3.8) is 0 Å². The molecular weight excluding hydrogens is 522 g/mol. The third-order valence-electron chi connectivity index (χ3n) is 4.79. The molecule has 1 amide bonds. The fraction of sp³-hybridized carbons (Fsp3) is 0.0400. The third-order valence-corrected chi connectivity index (χ3v) is 5.63. The standard InChI is InChI=1S/C25H18FIN2O3/c26-21-8-4-3-7-19(21)15-32-24-10-9-16(11-22(24)27)14-28-29-25(31)20-12-17-5-1-2-6-18(17)13-23(20)30/h1-14,30H,15H2,(H,29,31). The minimum Gasteiger partial charge on any atom is -0.507 e. The zero-order chi connectivity index (χ0) is 22.5. The van der Waals surface area contributed by atoms with Crippen molar-refractivity contribution in [1.82, 2.24) is 5.43 Å². The van der Waals surface area contributed by atoms with Gasteiger partial charge in [0, 0.05) is 5.56 Å². The average molecular weight is 540 g/mol. The maximum absolute atomic E-state index is 13.7. The number of ether oxygens (including phenoxy) is 1. The highest BCUT2D eigenvalue weighted by atomic mass is 127. The van der Waals surface area contributed by atoms with Crippen molar-refractivity contribution in [2.75, 3.05) is 0 Å². The van der Waals surface area contributed by atoms with Gasteiger partial charge in [-0.3, -0.25) is 4.79 Å². The van der Waals surface area contributed by atoms with Crippen molar-refractivity contribution in [2.45, 2.75) is 6.61 Å². The fourth-order valence-corrected chi connectivity index (χ4v) is 3.82. The maximum Gasteiger partial charge on any atom is 0.275 e. The smallest absolute Gasteiger partial charge is 0.275 e. The van der Waals surface area contributed by atoms with E-state index in [1.165, 1.54) is 12.3 Å². The van der Waals surface area contributed by atoms with Crippen LogP contribution in [0.1, 0.15) is 21.5 Å². The number of nitrogens with one attached hydrogen (secondary N) is 1. The molecule has 0 atom stereocenters. The Morgan fingerprint density at radius 1 is 1.03 bits per heavy atom. The van der Waals surface area contributed by atoms with Crippen LogP contribution in [0.15, 0.2) is 84.0 Å². The van der Waals surface area contributed by atoms with Gasteiger partial charge in [0.25, 0.3) is 5.91 Å². The summed E-state index contributed by atoms with van der Waals surface area (Å²) in [6.45, 7) is 0.126. The van der Waals surface area contributed by atoms with E-state index in [1.54, 1.807) is 42.5 Å². The van der Waals surface area contributed by atoms with Gasteiger partial charge in [0.05, 0.1) is 15.3 Å². The second-order valence-electron chi connectivity index (χ2n) is 6.99. The summed E-state index contributed by atoms with van der Waals surface area (Å²) in [5.41, 5.74) is 3.81. The summed E-state index contributed by atoms with van der Waals surface area (Å²) in [6.07, 6.45) is 1.50. The molecule has 0 fully saturated rings. The molecule has 4 aromatic carbocycles.